The van der Waals surface area contributed by atoms with E-state index in [1.54, 1.807) is 12.1 Å². The van der Waals surface area contributed by atoms with Gasteiger partial charge in [-0.3, -0.25) is 4.79 Å². The molecule has 1 heterocycles. The average Bonchev–Trinajstić information content (AvgIpc) is 2.77. The fraction of sp³-hybridized carbons (Fsp3) is 0.125. The fourth-order valence-electron chi connectivity index (χ4n) is 3.49. The summed E-state index contributed by atoms with van der Waals surface area (Å²) in [5.41, 5.74) is 1.02. The summed E-state index contributed by atoms with van der Waals surface area (Å²) in [6.45, 7) is 2.13. The third kappa shape index (κ3) is 3.88. The lowest BCUT2D eigenvalue weighted by atomic mass is 10.1. The van der Waals surface area contributed by atoms with E-state index in [-0.39, 0.29) is 22.3 Å². The van der Waals surface area contributed by atoms with Crippen LogP contribution in [-0.2, 0) is 22.8 Å². The molecule has 0 saturated heterocycles. The van der Waals surface area contributed by atoms with Gasteiger partial charge in [0.1, 0.15) is 4.90 Å². The van der Waals surface area contributed by atoms with Crippen molar-refractivity contribution in [1.82, 2.24) is 4.57 Å². The number of sulfone groups is 1. The van der Waals surface area contributed by atoms with E-state index >= 15 is 0 Å². The molecule has 0 radical (unpaired) electrons. The maximum atomic E-state index is 14.0. The Labute approximate surface area is 178 Å². The van der Waals surface area contributed by atoms with Crippen LogP contribution < -0.4 is 5.43 Å². The second-order valence-electron chi connectivity index (χ2n) is 7.22. The topological polar surface area (TPSA) is 56.1 Å². The summed E-state index contributed by atoms with van der Waals surface area (Å²) in [4.78, 5) is 12.5. The summed E-state index contributed by atoms with van der Waals surface area (Å²) in [7, 11) is -4.17. The van der Waals surface area contributed by atoms with Crippen molar-refractivity contribution in [2.75, 3.05) is 0 Å². The smallest absolute Gasteiger partial charge is 0.211 e. The Kier molecular flexibility index (Phi) is 5.45. The number of pyridine rings is 1. The fourth-order valence-corrected chi connectivity index (χ4v) is 4.86. The molecular weight excluding hydrogens is 420 g/mol. The Hall–Kier alpha value is -3.32. The van der Waals surface area contributed by atoms with Gasteiger partial charge in [0.15, 0.2) is 11.6 Å². The van der Waals surface area contributed by atoms with Crippen LogP contribution in [0.5, 0.6) is 0 Å². The number of benzene rings is 3. The predicted octanol–water partition coefficient (Wildman–Crippen LogP) is 4.72. The molecule has 0 unspecified atom stereocenters. The van der Waals surface area contributed by atoms with Crippen LogP contribution in [-0.4, -0.2) is 13.0 Å². The molecule has 3 aromatic carbocycles. The van der Waals surface area contributed by atoms with Gasteiger partial charge in [-0.05, 0) is 35.7 Å². The zero-order valence-corrected chi connectivity index (χ0v) is 17.5. The Bertz CT molecular complexity index is 1430. The van der Waals surface area contributed by atoms with E-state index in [1.807, 2.05) is 37.3 Å². The number of rotatable bonds is 5. The maximum absolute atomic E-state index is 14.0. The first-order chi connectivity index (χ1) is 14.8. The van der Waals surface area contributed by atoms with Crippen molar-refractivity contribution >= 4 is 20.7 Å². The lowest BCUT2D eigenvalue weighted by Gasteiger charge is -2.15. The quantitative estimate of drug-likeness (QED) is 0.452. The van der Waals surface area contributed by atoms with Crippen LogP contribution in [0.2, 0.25) is 0 Å². The molecule has 0 aliphatic rings. The van der Waals surface area contributed by atoms with Crippen molar-refractivity contribution in [3.05, 3.63) is 106 Å². The lowest BCUT2D eigenvalue weighted by Crippen LogP contribution is -2.20. The van der Waals surface area contributed by atoms with Crippen LogP contribution in [0, 0.1) is 11.6 Å². The van der Waals surface area contributed by atoms with Gasteiger partial charge in [-0.15, -0.1) is 0 Å². The molecule has 0 N–H and O–H groups in total. The Morgan fingerprint density at radius 1 is 0.871 bits per heavy atom. The third-order valence-electron chi connectivity index (χ3n) is 5.22. The highest BCUT2D eigenvalue weighted by Crippen LogP contribution is 2.24. The van der Waals surface area contributed by atoms with E-state index in [1.165, 1.54) is 22.9 Å². The first-order valence-corrected chi connectivity index (χ1v) is 11.2. The SMILES string of the molecule is CCc1ccc(S(=O)(=O)c2cn(Cc3ccccc3)c3cc(F)c(F)cc3c2=O)cc1. The van der Waals surface area contributed by atoms with Gasteiger partial charge in [-0.2, -0.15) is 0 Å². The zero-order chi connectivity index (χ0) is 22.2. The van der Waals surface area contributed by atoms with E-state index in [9.17, 15) is 22.0 Å². The van der Waals surface area contributed by atoms with Crippen LogP contribution in [0.25, 0.3) is 10.9 Å². The van der Waals surface area contributed by atoms with Gasteiger partial charge in [0, 0.05) is 18.8 Å². The first kappa shape index (κ1) is 20.9. The minimum absolute atomic E-state index is 0.0324. The molecule has 4 rings (SSSR count). The van der Waals surface area contributed by atoms with Crippen LogP contribution in [0.4, 0.5) is 8.78 Å². The minimum atomic E-state index is -4.17. The van der Waals surface area contributed by atoms with E-state index in [0.29, 0.717) is 0 Å². The second kappa shape index (κ2) is 8.07. The number of hydrogen-bond donors (Lipinski definition) is 0. The van der Waals surface area contributed by atoms with Crippen molar-refractivity contribution in [1.29, 1.82) is 0 Å². The maximum Gasteiger partial charge on any atom is 0.211 e. The summed E-state index contributed by atoms with van der Waals surface area (Å²) < 4.78 is 55.9. The highest BCUT2D eigenvalue weighted by Gasteiger charge is 2.24. The van der Waals surface area contributed by atoms with E-state index in [4.69, 9.17) is 0 Å². The number of aromatic nitrogens is 1. The largest absolute Gasteiger partial charge is 0.341 e. The van der Waals surface area contributed by atoms with Gasteiger partial charge in [0.2, 0.25) is 15.3 Å². The summed E-state index contributed by atoms with van der Waals surface area (Å²) in [6, 6.07) is 17.0. The summed E-state index contributed by atoms with van der Waals surface area (Å²) >= 11 is 0. The normalized spacial score (nSPS) is 11.7. The number of hydrogen-bond acceptors (Lipinski definition) is 3. The van der Waals surface area contributed by atoms with Gasteiger partial charge in [0.25, 0.3) is 0 Å². The van der Waals surface area contributed by atoms with Crippen molar-refractivity contribution in [2.45, 2.75) is 29.7 Å². The van der Waals surface area contributed by atoms with Crippen LogP contribution in [0.15, 0.2) is 87.5 Å². The summed E-state index contributed by atoms with van der Waals surface area (Å²) in [5, 5.41) is -0.193. The predicted molar refractivity (Wildman–Crippen MR) is 115 cm³/mol. The van der Waals surface area contributed by atoms with Crippen LogP contribution in [0.1, 0.15) is 18.1 Å². The molecule has 0 amide bonds. The molecule has 4 aromatic rings. The molecule has 1 aromatic heterocycles. The molecule has 0 atom stereocenters. The van der Waals surface area contributed by atoms with E-state index in [0.717, 1.165) is 29.7 Å². The third-order valence-corrected chi connectivity index (χ3v) is 6.98. The van der Waals surface area contributed by atoms with Crippen molar-refractivity contribution in [3.8, 4) is 0 Å². The number of nitrogens with zero attached hydrogens (tertiary/aromatic N) is 1. The molecular formula is C24H19F2NO3S. The Morgan fingerprint density at radius 3 is 2.16 bits per heavy atom. The minimum Gasteiger partial charge on any atom is -0.341 e. The highest BCUT2D eigenvalue weighted by molar-refractivity contribution is 7.91. The molecule has 0 spiro atoms. The van der Waals surface area contributed by atoms with E-state index in [2.05, 4.69) is 0 Å². The van der Waals surface area contributed by atoms with Gasteiger partial charge in [-0.25, -0.2) is 17.2 Å². The molecule has 0 bridgehead atoms. The Balaban J connectivity index is 1.97. The van der Waals surface area contributed by atoms with Crippen molar-refractivity contribution in [2.24, 2.45) is 0 Å². The Morgan fingerprint density at radius 2 is 1.52 bits per heavy atom. The molecule has 0 aliphatic carbocycles. The molecule has 158 valence electrons. The molecule has 0 aliphatic heterocycles. The number of aryl methyl sites for hydroxylation is 1. The van der Waals surface area contributed by atoms with Gasteiger partial charge >= 0.3 is 0 Å². The summed E-state index contributed by atoms with van der Waals surface area (Å²) in [6.07, 6.45) is 1.95. The zero-order valence-electron chi connectivity index (χ0n) is 16.7. The first-order valence-electron chi connectivity index (χ1n) is 9.71. The number of fused-ring (bicyclic) bond motifs is 1. The van der Waals surface area contributed by atoms with Crippen molar-refractivity contribution in [3.63, 3.8) is 0 Å². The standard InChI is InChI=1S/C24H19F2NO3S/c1-2-16-8-10-18(11-9-16)31(29,30)23-15-27(14-17-6-4-3-5-7-17)22-13-21(26)20(25)12-19(22)24(23)28/h3-13,15H,2,14H2,1H3. The highest BCUT2D eigenvalue weighted by atomic mass is 32.2. The molecule has 4 nitrogen and oxygen atoms in total. The number of halogens is 2. The molecule has 7 heteroatoms. The second-order valence-corrected chi connectivity index (χ2v) is 9.14. The molecule has 0 fully saturated rings. The van der Waals surface area contributed by atoms with Crippen LogP contribution >= 0.6 is 0 Å². The lowest BCUT2D eigenvalue weighted by molar-refractivity contribution is 0.510. The van der Waals surface area contributed by atoms with Crippen molar-refractivity contribution < 1.29 is 17.2 Å². The monoisotopic (exact) mass is 439 g/mol. The molecule has 31 heavy (non-hydrogen) atoms. The van der Waals surface area contributed by atoms with Gasteiger partial charge < -0.3 is 4.57 Å². The average molecular weight is 439 g/mol. The summed E-state index contributed by atoms with van der Waals surface area (Å²) in [5.74, 6) is -2.32. The van der Waals surface area contributed by atoms with Gasteiger partial charge in [0.05, 0.1) is 15.8 Å². The molecule has 0 saturated carbocycles. The van der Waals surface area contributed by atoms with E-state index < -0.39 is 31.8 Å². The van der Waals surface area contributed by atoms with Crippen LogP contribution in [0.3, 0.4) is 0 Å². The van der Waals surface area contributed by atoms with Gasteiger partial charge in [-0.1, -0.05) is 49.4 Å².